The largest absolute Gasteiger partial charge is 0.383 e. The summed E-state index contributed by atoms with van der Waals surface area (Å²) in [6, 6.07) is 6.87. The summed E-state index contributed by atoms with van der Waals surface area (Å²) >= 11 is 0. The summed E-state index contributed by atoms with van der Waals surface area (Å²) in [5.41, 5.74) is 0.750. The average molecular weight is 295 g/mol. The van der Waals surface area contributed by atoms with E-state index in [4.69, 9.17) is 4.74 Å². The quantitative estimate of drug-likeness (QED) is 0.625. The third-order valence-electron chi connectivity index (χ3n) is 3.33. The van der Waals surface area contributed by atoms with Gasteiger partial charge >= 0.3 is 0 Å². The molecule has 1 aromatic carbocycles. The molecular weight excluding hydrogens is 269 g/mol. The molecule has 1 aromatic rings. The molecule has 0 bridgehead atoms. The zero-order chi connectivity index (χ0) is 15.9. The summed E-state index contributed by atoms with van der Waals surface area (Å²) in [5, 5.41) is 6.52. The highest BCUT2D eigenvalue weighted by atomic mass is 19.1. The Morgan fingerprint density at radius 1 is 1.43 bits per heavy atom. The molecule has 0 radical (unpaired) electrons. The lowest BCUT2D eigenvalue weighted by atomic mass is 9.84. The van der Waals surface area contributed by atoms with Gasteiger partial charge in [0.1, 0.15) is 5.82 Å². The molecule has 0 aromatic heterocycles. The smallest absolute Gasteiger partial charge is 0.191 e. The topological polar surface area (TPSA) is 45.7 Å². The van der Waals surface area contributed by atoms with Gasteiger partial charge in [-0.25, -0.2) is 4.39 Å². The van der Waals surface area contributed by atoms with Crippen LogP contribution in [0, 0.1) is 5.82 Å². The minimum absolute atomic E-state index is 0.165. The molecule has 0 spiro atoms. The van der Waals surface area contributed by atoms with Crippen LogP contribution in [0.5, 0.6) is 0 Å². The fourth-order valence-corrected chi connectivity index (χ4v) is 2.04. The van der Waals surface area contributed by atoms with Crippen molar-refractivity contribution >= 4 is 5.96 Å². The zero-order valence-corrected chi connectivity index (χ0v) is 13.5. The van der Waals surface area contributed by atoms with Crippen LogP contribution < -0.4 is 10.6 Å². The maximum absolute atomic E-state index is 13.3. The van der Waals surface area contributed by atoms with E-state index in [2.05, 4.69) is 29.5 Å². The van der Waals surface area contributed by atoms with Gasteiger partial charge in [-0.3, -0.25) is 4.99 Å². The molecule has 4 nitrogen and oxygen atoms in total. The van der Waals surface area contributed by atoms with Gasteiger partial charge in [-0.2, -0.15) is 0 Å². The molecule has 0 heterocycles. The van der Waals surface area contributed by atoms with Crippen molar-refractivity contribution in [1.29, 1.82) is 0 Å². The lowest BCUT2D eigenvalue weighted by Crippen LogP contribution is -2.47. The van der Waals surface area contributed by atoms with Crippen molar-refractivity contribution in [3.05, 3.63) is 35.6 Å². The molecule has 2 N–H and O–H groups in total. The molecule has 0 aliphatic rings. The summed E-state index contributed by atoms with van der Waals surface area (Å²) in [6.45, 7) is 7.42. The fraction of sp³-hybridized carbons (Fsp3) is 0.562. The molecule has 0 aliphatic heterocycles. The maximum atomic E-state index is 13.3. The van der Waals surface area contributed by atoms with Crippen LogP contribution in [-0.4, -0.2) is 39.3 Å². The van der Waals surface area contributed by atoms with Crippen LogP contribution in [0.4, 0.5) is 4.39 Å². The van der Waals surface area contributed by atoms with Gasteiger partial charge in [0.05, 0.1) is 6.61 Å². The molecule has 21 heavy (non-hydrogen) atoms. The molecule has 1 atom stereocenters. The van der Waals surface area contributed by atoms with Crippen molar-refractivity contribution in [3.63, 3.8) is 0 Å². The van der Waals surface area contributed by atoms with E-state index >= 15 is 0 Å². The molecule has 1 unspecified atom stereocenters. The van der Waals surface area contributed by atoms with Crippen molar-refractivity contribution in [2.45, 2.75) is 32.2 Å². The van der Waals surface area contributed by atoms with Gasteiger partial charge in [0.15, 0.2) is 5.96 Å². The van der Waals surface area contributed by atoms with Crippen LogP contribution in [0.1, 0.15) is 26.3 Å². The van der Waals surface area contributed by atoms with E-state index in [1.807, 2.05) is 13.0 Å². The van der Waals surface area contributed by atoms with Gasteiger partial charge in [-0.1, -0.05) is 26.0 Å². The van der Waals surface area contributed by atoms with Crippen LogP contribution in [0.15, 0.2) is 29.3 Å². The number of aliphatic imine (C=N–C) groups is 1. The summed E-state index contributed by atoms with van der Waals surface area (Å²) in [7, 11) is 3.39. The zero-order valence-electron chi connectivity index (χ0n) is 13.5. The van der Waals surface area contributed by atoms with E-state index in [0.29, 0.717) is 19.1 Å². The van der Waals surface area contributed by atoms with Crippen molar-refractivity contribution in [2.24, 2.45) is 4.99 Å². The highest BCUT2D eigenvalue weighted by molar-refractivity contribution is 5.80. The van der Waals surface area contributed by atoms with Gasteiger partial charge in [0.25, 0.3) is 0 Å². The number of ether oxygens (including phenoxy) is 1. The molecule has 118 valence electrons. The van der Waals surface area contributed by atoms with Gasteiger partial charge in [0.2, 0.25) is 0 Å². The van der Waals surface area contributed by atoms with Gasteiger partial charge in [0, 0.05) is 32.2 Å². The van der Waals surface area contributed by atoms with Crippen molar-refractivity contribution in [1.82, 2.24) is 10.6 Å². The van der Waals surface area contributed by atoms with E-state index in [1.165, 1.54) is 6.07 Å². The first kappa shape index (κ1) is 17.4. The van der Waals surface area contributed by atoms with Gasteiger partial charge < -0.3 is 15.4 Å². The Hall–Kier alpha value is -1.62. The molecule has 0 saturated heterocycles. The Bertz CT molecular complexity index is 474. The minimum Gasteiger partial charge on any atom is -0.383 e. The summed E-state index contributed by atoms with van der Waals surface area (Å²) < 4.78 is 18.4. The van der Waals surface area contributed by atoms with Crippen LogP contribution in [0.25, 0.3) is 0 Å². The van der Waals surface area contributed by atoms with Crippen LogP contribution in [0.3, 0.4) is 0 Å². The molecule has 0 aliphatic carbocycles. The number of benzene rings is 1. The molecule has 0 fully saturated rings. The number of nitrogens with one attached hydrogen (secondary N) is 2. The third kappa shape index (κ3) is 5.71. The first-order valence-electron chi connectivity index (χ1n) is 7.11. The average Bonchev–Trinajstić information content (AvgIpc) is 2.43. The second-order valence-electron chi connectivity index (χ2n) is 5.82. The maximum Gasteiger partial charge on any atom is 0.191 e. The SMILES string of the molecule is CN=C(NCC(C)(C)c1cccc(F)c1)NC(C)COC. The first-order valence-corrected chi connectivity index (χ1v) is 7.11. The number of rotatable bonds is 6. The molecule has 0 saturated carbocycles. The van der Waals surface area contributed by atoms with Gasteiger partial charge in [-0.15, -0.1) is 0 Å². The van der Waals surface area contributed by atoms with E-state index in [1.54, 1.807) is 26.3 Å². The molecule has 5 heteroatoms. The predicted molar refractivity (Wildman–Crippen MR) is 85.3 cm³/mol. The normalized spacial score (nSPS) is 13.9. The lowest BCUT2D eigenvalue weighted by molar-refractivity contribution is 0.179. The Morgan fingerprint density at radius 3 is 2.71 bits per heavy atom. The van der Waals surface area contributed by atoms with E-state index in [9.17, 15) is 4.39 Å². The summed E-state index contributed by atoms with van der Waals surface area (Å²) in [5.74, 6) is 0.501. The fourth-order valence-electron chi connectivity index (χ4n) is 2.04. The number of methoxy groups -OCH3 is 1. The molecule has 1 rings (SSSR count). The van der Waals surface area contributed by atoms with Crippen molar-refractivity contribution in [3.8, 4) is 0 Å². The second-order valence-corrected chi connectivity index (χ2v) is 5.82. The number of halogens is 1. The Balaban J connectivity index is 2.63. The third-order valence-corrected chi connectivity index (χ3v) is 3.33. The van der Waals surface area contributed by atoms with E-state index in [0.717, 1.165) is 5.56 Å². The number of hydrogen-bond acceptors (Lipinski definition) is 2. The van der Waals surface area contributed by atoms with Crippen LogP contribution in [-0.2, 0) is 10.2 Å². The van der Waals surface area contributed by atoms with Crippen molar-refractivity contribution < 1.29 is 9.13 Å². The second kappa shape index (κ2) is 7.98. The van der Waals surface area contributed by atoms with Gasteiger partial charge in [-0.05, 0) is 24.6 Å². The number of guanidine groups is 1. The Kier molecular flexibility index (Phi) is 6.62. The standard InChI is InChI=1S/C16H26FN3O/c1-12(10-21-5)20-15(18-4)19-11-16(2,3)13-7-6-8-14(17)9-13/h6-9,12H,10-11H2,1-5H3,(H2,18,19,20). The highest BCUT2D eigenvalue weighted by Gasteiger charge is 2.21. The predicted octanol–water partition coefficient (Wildman–Crippen LogP) is 2.30. The van der Waals surface area contributed by atoms with Crippen molar-refractivity contribution in [2.75, 3.05) is 27.3 Å². The van der Waals surface area contributed by atoms with Crippen LogP contribution in [0.2, 0.25) is 0 Å². The van der Waals surface area contributed by atoms with E-state index < -0.39 is 0 Å². The molecular formula is C16H26FN3O. The lowest BCUT2D eigenvalue weighted by Gasteiger charge is -2.27. The molecule has 0 amide bonds. The summed E-state index contributed by atoms with van der Waals surface area (Å²) in [4.78, 5) is 4.19. The highest BCUT2D eigenvalue weighted by Crippen LogP contribution is 2.22. The monoisotopic (exact) mass is 295 g/mol. The number of hydrogen-bond donors (Lipinski definition) is 2. The first-order chi connectivity index (χ1) is 9.89. The summed E-state index contributed by atoms with van der Waals surface area (Å²) in [6.07, 6.45) is 0. The Labute approximate surface area is 126 Å². The van der Waals surface area contributed by atoms with E-state index in [-0.39, 0.29) is 17.3 Å². The minimum atomic E-state index is -0.211. The van der Waals surface area contributed by atoms with Crippen LogP contribution >= 0.6 is 0 Å². The Morgan fingerprint density at radius 2 is 2.14 bits per heavy atom. The number of nitrogens with zero attached hydrogens (tertiary/aromatic N) is 1.